The van der Waals surface area contributed by atoms with Crippen molar-refractivity contribution in [1.82, 2.24) is 10.2 Å². The monoisotopic (exact) mass is 198 g/mol. The van der Waals surface area contributed by atoms with E-state index in [9.17, 15) is 4.79 Å². The predicted octanol–water partition coefficient (Wildman–Crippen LogP) is 1.10. The van der Waals surface area contributed by atoms with Crippen molar-refractivity contribution in [3.63, 3.8) is 0 Å². The molecule has 1 amide bonds. The van der Waals surface area contributed by atoms with Gasteiger partial charge in [0.1, 0.15) is 0 Å². The molecular formula is C11H22N2O. The Bertz CT molecular complexity index is 186. The molecule has 0 aliphatic carbocycles. The molecule has 14 heavy (non-hydrogen) atoms. The fourth-order valence-electron chi connectivity index (χ4n) is 2.27. The zero-order chi connectivity index (χ0) is 10.6. The van der Waals surface area contributed by atoms with Crippen LogP contribution in [0.1, 0.15) is 26.7 Å². The van der Waals surface area contributed by atoms with Gasteiger partial charge in [-0.2, -0.15) is 0 Å². The van der Waals surface area contributed by atoms with Gasteiger partial charge < -0.3 is 10.2 Å². The lowest BCUT2D eigenvalue weighted by molar-refractivity contribution is -0.130. The number of amides is 1. The number of nitrogens with one attached hydrogen (secondary N) is 1. The first-order valence-corrected chi connectivity index (χ1v) is 5.55. The van der Waals surface area contributed by atoms with Gasteiger partial charge in [0.15, 0.2) is 0 Å². The van der Waals surface area contributed by atoms with Crippen LogP contribution in [0.3, 0.4) is 0 Å². The van der Waals surface area contributed by atoms with Crippen LogP contribution >= 0.6 is 0 Å². The van der Waals surface area contributed by atoms with Crippen LogP contribution in [-0.4, -0.2) is 37.5 Å². The summed E-state index contributed by atoms with van der Waals surface area (Å²) < 4.78 is 0. The number of nitrogens with zero attached hydrogens (tertiary/aromatic N) is 1. The van der Waals surface area contributed by atoms with Crippen molar-refractivity contribution >= 4 is 5.91 Å². The fraction of sp³-hybridized carbons (Fsp3) is 0.909. The van der Waals surface area contributed by atoms with Gasteiger partial charge in [-0.25, -0.2) is 0 Å². The highest BCUT2D eigenvalue weighted by molar-refractivity contribution is 5.73. The van der Waals surface area contributed by atoms with E-state index in [4.69, 9.17) is 0 Å². The van der Waals surface area contributed by atoms with Crippen molar-refractivity contribution < 1.29 is 4.79 Å². The van der Waals surface area contributed by atoms with Crippen molar-refractivity contribution in [2.24, 2.45) is 11.8 Å². The zero-order valence-corrected chi connectivity index (χ0v) is 9.55. The van der Waals surface area contributed by atoms with Crippen molar-refractivity contribution in [3.8, 4) is 0 Å². The van der Waals surface area contributed by atoms with Crippen LogP contribution in [0.2, 0.25) is 0 Å². The minimum absolute atomic E-state index is 0.227. The quantitative estimate of drug-likeness (QED) is 0.736. The van der Waals surface area contributed by atoms with E-state index in [1.54, 1.807) is 6.92 Å². The first-order chi connectivity index (χ1) is 6.65. The molecule has 0 bridgehead atoms. The van der Waals surface area contributed by atoms with Crippen LogP contribution in [0.15, 0.2) is 0 Å². The van der Waals surface area contributed by atoms with Gasteiger partial charge in [-0.1, -0.05) is 6.92 Å². The SMILES string of the molecule is CNCC(C)C1CCN(C(C)=O)CC1. The zero-order valence-electron chi connectivity index (χ0n) is 9.55. The van der Waals surface area contributed by atoms with Crippen LogP contribution < -0.4 is 5.32 Å². The van der Waals surface area contributed by atoms with Crippen LogP contribution in [0, 0.1) is 11.8 Å². The summed E-state index contributed by atoms with van der Waals surface area (Å²) >= 11 is 0. The third-order valence-electron chi connectivity index (χ3n) is 3.32. The summed E-state index contributed by atoms with van der Waals surface area (Å²) in [5, 5.41) is 3.22. The second kappa shape index (κ2) is 5.35. The topological polar surface area (TPSA) is 32.3 Å². The molecule has 1 heterocycles. The normalized spacial score (nSPS) is 20.9. The number of likely N-dealkylation sites (tertiary alicyclic amines) is 1. The lowest BCUT2D eigenvalue weighted by Crippen LogP contribution is -2.39. The molecular weight excluding hydrogens is 176 g/mol. The minimum Gasteiger partial charge on any atom is -0.343 e. The van der Waals surface area contributed by atoms with Crippen molar-refractivity contribution in [1.29, 1.82) is 0 Å². The van der Waals surface area contributed by atoms with Crippen molar-refractivity contribution in [2.45, 2.75) is 26.7 Å². The highest BCUT2D eigenvalue weighted by Gasteiger charge is 2.24. The minimum atomic E-state index is 0.227. The fourth-order valence-corrected chi connectivity index (χ4v) is 2.27. The Morgan fingerprint density at radius 3 is 2.50 bits per heavy atom. The van der Waals surface area contributed by atoms with E-state index in [0.29, 0.717) is 0 Å². The summed E-state index contributed by atoms with van der Waals surface area (Å²) in [6, 6.07) is 0. The molecule has 0 saturated carbocycles. The molecule has 1 atom stereocenters. The van der Waals surface area contributed by atoms with Crippen LogP contribution in [0.4, 0.5) is 0 Å². The van der Waals surface area contributed by atoms with E-state index in [2.05, 4.69) is 12.2 Å². The van der Waals surface area contributed by atoms with E-state index in [-0.39, 0.29) is 5.91 Å². The molecule has 1 N–H and O–H groups in total. The summed E-state index contributed by atoms with van der Waals surface area (Å²) in [4.78, 5) is 13.1. The Morgan fingerprint density at radius 1 is 1.50 bits per heavy atom. The molecule has 82 valence electrons. The first kappa shape index (κ1) is 11.5. The molecule has 3 nitrogen and oxygen atoms in total. The van der Waals surface area contributed by atoms with Gasteiger partial charge in [-0.05, 0) is 38.3 Å². The van der Waals surface area contributed by atoms with E-state index in [1.807, 2.05) is 11.9 Å². The third-order valence-corrected chi connectivity index (χ3v) is 3.32. The van der Waals surface area contributed by atoms with Crippen molar-refractivity contribution in [3.05, 3.63) is 0 Å². The average Bonchev–Trinajstić information content (AvgIpc) is 2.18. The first-order valence-electron chi connectivity index (χ1n) is 5.55. The number of hydrogen-bond donors (Lipinski definition) is 1. The molecule has 1 fully saturated rings. The summed E-state index contributed by atoms with van der Waals surface area (Å²) in [5.74, 6) is 1.75. The van der Waals surface area contributed by atoms with Gasteiger partial charge >= 0.3 is 0 Å². The molecule has 1 saturated heterocycles. The maximum Gasteiger partial charge on any atom is 0.219 e. The predicted molar refractivity (Wildman–Crippen MR) is 58.1 cm³/mol. The van der Waals surface area contributed by atoms with Crippen LogP contribution in [-0.2, 0) is 4.79 Å². The molecule has 0 aromatic heterocycles. The Morgan fingerprint density at radius 2 is 2.07 bits per heavy atom. The number of carbonyl (C=O) groups is 1. The number of hydrogen-bond acceptors (Lipinski definition) is 2. The largest absolute Gasteiger partial charge is 0.343 e. The van der Waals surface area contributed by atoms with Gasteiger partial charge in [0, 0.05) is 20.0 Å². The summed E-state index contributed by atoms with van der Waals surface area (Å²) in [5.41, 5.74) is 0. The average molecular weight is 198 g/mol. The maximum atomic E-state index is 11.1. The molecule has 1 unspecified atom stereocenters. The third kappa shape index (κ3) is 2.98. The highest BCUT2D eigenvalue weighted by Crippen LogP contribution is 2.24. The van der Waals surface area contributed by atoms with E-state index in [0.717, 1.165) is 31.5 Å². The molecule has 1 aliphatic rings. The van der Waals surface area contributed by atoms with Crippen LogP contribution in [0.5, 0.6) is 0 Å². The molecule has 0 aromatic carbocycles. The Labute approximate surface area is 86.9 Å². The molecule has 0 spiro atoms. The second-order valence-electron chi connectivity index (χ2n) is 4.38. The Kier molecular flexibility index (Phi) is 4.39. The lowest BCUT2D eigenvalue weighted by atomic mass is 9.85. The number of piperidine rings is 1. The van der Waals surface area contributed by atoms with Gasteiger partial charge in [0.05, 0.1) is 0 Å². The highest BCUT2D eigenvalue weighted by atomic mass is 16.2. The van der Waals surface area contributed by atoms with E-state index >= 15 is 0 Å². The maximum absolute atomic E-state index is 11.1. The standard InChI is InChI=1S/C11H22N2O/c1-9(8-12-3)11-4-6-13(7-5-11)10(2)14/h9,11-12H,4-8H2,1-3H3. The van der Waals surface area contributed by atoms with E-state index in [1.165, 1.54) is 12.8 Å². The number of carbonyl (C=O) groups excluding carboxylic acids is 1. The van der Waals surface area contributed by atoms with Gasteiger partial charge in [-0.15, -0.1) is 0 Å². The summed E-state index contributed by atoms with van der Waals surface area (Å²) in [7, 11) is 2.00. The van der Waals surface area contributed by atoms with Gasteiger partial charge in [0.25, 0.3) is 0 Å². The molecule has 0 aromatic rings. The van der Waals surface area contributed by atoms with E-state index < -0.39 is 0 Å². The van der Waals surface area contributed by atoms with Gasteiger partial charge in [-0.3, -0.25) is 4.79 Å². The Hall–Kier alpha value is -0.570. The smallest absolute Gasteiger partial charge is 0.219 e. The Balaban J connectivity index is 2.31. The molecule has 0 radical (unpaired) electrons. The van der Waals surface area contributed by atoms with Gasteiger partial charge in [0.2, 0.25) is 5.91 Å². The lowest BCUT2D eigenvalue weighted by Gasteiger charge is -2.34. The second-order valence-corrected chi connectivity index (χ2v) is 4.38. The summed E-state index contributed by atoms with van der Waals surface area (Å²) in [6.45, 7) is 6.95. The summed E-state index contributed by atoms with van der Waals surface area (Å²) in [6.07, 6.45) is 2.34. The molecule has 1 rings (SSSR count). The number of rotatable bonds is 3. The molecule has 1 aliphatic heterocycles. The van der Waals surface area contributed by atoms with Crippen LogP contribution in [0.25, 0.3) is 0 Å². The van der Waals surface area contributed by atoms with Crippen molar-refractivity contribution in [2.75, 3.05) is 26.7 Å². The molecule has 3 heteroatoms.